The molecule has 0 aliphatic carbocycles. The number of benzene rings is 1. The number of aromatic nitrogens is 1. The number of aliphatic imine (C=N–C) groups is 1. The van der Waals surface area contributed by atoms with Gasteiger partial charge in [0, 0.05) is 17.7 Å². The largest absolute Gasteiger partial charge is 0.465 e. The smallest absolute Gasteiger partial charge is 0.283 e. The summed E-state index contributed by atoms with van der Waals surface area (Å²) in [4.78, 5) is 20.0. The fourth-order valence-corrected chi connectivity index (χ4v) is 2.58. The van der Waals surface area contributed by atoms with Crippen LogP contribution in [0.2, 0.25) is 0 Å². The number of nitrogens with two attached hydrogens (primary N) is 1. The average Bonchev–Trinajstić information content (AvgIpc) is 2.63. The lowest BCUT2D eigenvalue weighted by Crippen LogP contribution is -2.35. The lowest BCUT2D eigenvalue weighted by atomic mass is 9.87. The van der Waals surface area contributed by atoms with E-state index in [4.69, 9.17) is 16.9 Å². The summed E-state index contributed by atoms with van der Waals surface area (Å²) < 4.78 is 32.4. The van der Waals surface area contributed by atoms with E-state index >= 15 is 0 Å². The maximum absolute atomic E-state index is 14.4. The average molecular weight is 356 g/mol. The molecule has 0 spiro atoms. The monoisotopic (exact) mass is 356 g/mol. The molecule has 1 atom stereocenters. The van der Waals surface area contributed by atoms with E-state index in [2.05, 4.69) is 21.2 Å². The number of amides is 1. The number of carbonyl (C=O) groups is 1. The van der Waals surface area contributed by atoms with Crippen molar-refractivity contribution < 1.29 is 18.3 Å². The van der Waals surface area contributed by atoms with Gasteiger partial charge in [-0.25, -0.2) is 18.8 Å². The SMILES string of the molecule is C#C[C@@]1(c2cc(NC(=O)c3ccc(F)cn3)ccc2F)CCOC(N)=N1. The minimum absolute atomic E-state index is 0.0114. The minimum Gasteiger partial charge on any atom is -0.465 e. The van der Waals surface area contributed by atoms with Crippen molar-refractivity contribution in [3.63, 3.8) is 0 Å². The Morgan fingerprint density at radius 3 is 2.81 bits per heavy atom. The van der Waals surface area contributed by atoms with Crippen molar-refractivity contribution >= 4 is 17.6 Å². The molecule has 2 heterocycles. The standard InChI is InChI=1S/C18H14F2N4O2/c1-2-18(7-8-26-17(21)24-18)13-9-12(4-5-14(13)20)23-16(25)15-6-3-11(19)10-22-15/h1,3-6,9-10H,7-8H2,(H2,21,24)(H,23,25)/t18-/m0/s1. The van der Waals surface area contributed by atoms with E-state index in [-0.39, 0.29) is 36.0 Å². The van der Waals surface area contributed by atoms with Gasteiger partial charge in [0.1, 0.15) is 17.3 Å². The summed E-state index contributed by atoms with van der Waals surface area (Å²) in [6.45, 7) is 0.190. The van der Waals surface area contributed by atoms with Gasteiger partial charge in [0.15, 0.2) is 5.54 Å². The van der Waals surface area contributed by atoms with Crippen LogP contribution in [0.25, 0.3) is 0 Å². The van der Waals surface area contributed by atoms with Crippen LogP contribution in [-0.4, -0.2) is 23.5 Å². The second kappa shape index (κ2) is 6.80. The molecule has 132 valence electrons. The van der Waals surface area contributed by atoms with Gasteiger partial charge < -0.3 is 15.8 Å². The Bertz CT molecular complexity index is 922. The molecule has 8 heteroatoms. The number of hydrogen-bond acceptors (Lipinski definition) is 5. The van der Waals surface area contributed by atoms with E-state index in [0.717, 1.165) is 12.3 Å². The number of pyridine rings is 1. The molecule has 1 aliphatic rings. The normalized spacial score (nSPS) is 19.0. The van der Waals surface area contributed by atoms with Crippen molar-refractivity contribution in [2.75, 3.05) is 11.9 Å². The van der Waals surface area contributed by atoms with Crippen LogP contribution in [0.15, 0.2) is 41.5 Å². The zero-order valence-corrected chi connectivity index (χ0v) is 13.5. The van der Waals surface area contributed by atoms with Crippen LogP contribution >= 0.6 is 0 Å². The Balaban J connectivity index is 1.93. The Hall–Kier alpha value is -3.47. The highest BCUT2D eigenvalue weighted by molar-refractivity contribution is 6.02. The molecule has 1 aromatic carbocycles. The Labute approximate surface area is 148 Å². The quantitative estimate of drug-likeness (QED) is 0.825. The van der Waals surface area contributed by atoms with Crippen molar-refractivity contribution in [2.45, 2.75) is 12.0 Å². The highest BCUT2D eigenvalue weighted by Gasteiger charge is 2.36. The van der Waals surface area contributed by atoms with Gasteiger partial charge >= 0.3 is 0 Å². The van der Waals surface area contributed by atoms with Crippen LogP contribution in [0.3, 0.4) is 0 Å². The zero-order valence-electron chi connectivity index (χ0n) is 13.5. The van der Waals surface area contributed by atoms with E-state index in [0.29, 0.717) is 0 Å². The van der Waals surface area contributed by atoms with Crippen LogP contribution in [0.5, 0.6) is 0 Å². The molecule has 6 nitrogen and oxygen atoms in total. The molecule has 3 rings (SSSR count). The topological polar surface area (TPSA) is 89.6 Å². The number of carbonyl (C=O) groups excluding carboxylic acids is 1. The molecule has 0 radical (unpaired) electrons. The predicted octanol–water partition coefficient (Wildman–Crippen LogP) is 2.18. The summed E-state index contributed by atoms with van der Waals surface area (Å²) in [5, 5.41) is 2.57. The molecule has 0 bridgehead atoms. The third kappa shape index (κ3) is 3.32. The number of amidine groups is 1. The van der Waals surface area contributed by atoms with Crippen LogP contribution in [0.4, 0.5) is 14.5 Å². The molecule has 3 N–H and O–H groups in total. The third-order valence-electron chi connectivity index (χ3n) is 3.88. The number of anilines is 1. The molecule has 0 saturated carbocycles. The van der Waals surface area contributed by atoms with Gasteiger partial charge in [0.05, 0.1) is 12.8 Å². The van der Waals surface area contributed by atoms with Crippen LogP contribution in [0, 0.1) is 24.0 Å². The number of nitrogens with zero attached hydrogens (tertiary/aromatic N) is 2. The number of ether oxygens (including phenoxy) is 1. The van der Waals surface area contributed by atoms with Crippen molar-refractivity contribution in [3.8, 4) is 12.3 Å². The van der Waals surface area contributed by atoms with Crippen LogP contribution in [-0.2, 0) is 10.3 Å². The summed E-state index contributed by atoms with van der Waals surface area (Å²) in [5.74, 6) is 0.750. The molecule has 0 fully saturated rings. The molecule has 0 saturated heterocycles. The molecule has 26 heavy (non-hydrogen) atoms. The van der Waals surface area contributed by atoms with Gasteiger partial charge in [-0.05, 0) is 30.3 Å². The first-order valence-corrected chi connectivity index (χ1v) is 7.62. The second-order valence-corrected chi connectivity index (χ2v) is 5.56. The summed E-state index contributed by atoms with van der Waals surface area (Å²) in [5.41, 5.74) is 4.65. The first-order chi connectivity index (χ1) is 12.4. The molecule has 1 aliphatic heterocycles. The minimum atomic E-state index is -1.32. The van der Waals surface area contributed by atoms with Crippen LogP contribution in [0.1, 0.15) is 22.5 Å². The molecule has 1 aromatic heterocycles. The summed E-state index contributed by atoms with van der Waals surface area (Å²) in [6, 6.07) is 6.16. The van der Waals surface area contributed by atoms with Gasteiger partial charge in [0.2, 0.25) is 0 Å². The fourth-order valence-electron chi connectivity index (χ4n) is 2.58. The number of halogens is 2. The molecular formula is C18H14F2N4O2. The first-order valence-electron chi connectivity index (χ1n) is 7.62. The summed E-state index contributed by atoms with van der Waals surface area (Å²) >= 11 is 0. The fraction of sp³-hybridized carbons (Fsp3) is 0.167. The number of hydrogen-bond donors (Lipinski definition) is 2. The van der Waals surface area contributed by atoms with E-state index in [1.807, 2.05) is 0 Å². The van der Waals surface area contributed by atoms with E-state index in [1.54, 1.807) is 0 Å². The lowest BCUT2D eigenvalue weighted by molar-refractivity contribution is 0.102. The number of terminal acetylenes is 1. The van der Waals surface area contributed by atoms with Crippen molar-refractivity contribution in [1.82, 2.24) is 4.98 Å². The summed E-state index contributed by atoms with van der Waals surface area (Å²) in [7, 11) is 0. The first kappa shape index (κ1) is 17.4. The second-order valence-electron chi connectivity index (χ2n) is 5.56. The van der Waals surface area contributed by atoms with Gasteiger partial charge in [-0.15, -0.1) is 6.42 Å². The van der Waals surface area contributed by atoms with Gasteiger partial charge in [0.25, 0.3) is 11.9 Å². The maximum Gasteiger partial charge on any atom is 0.283 e. The highest BCUT2D eigenvalue weighted by atomic mass is 19.1. The molecule has 1 amide bonds. The third-order valence-corrected chi connectivity index (χ3v) is 3.88. The van der Waals surface area contributed by atoms with Gasteiger partial charge in [-0.2, -0.15) is 0 Å². The number of rotatable bonds is 3. The lowest BCUT2D eigenvalue weighted by Gasteiger charge is -2.29. The van der Waals surface area contributed by atoms with Crippen LogP contribution < -0.4 is 11.1 Å². The van der Waals surface area contributed by atoms with E-state index < -0.39 is 23.1 Å². The van der Waals surface area contributed by atoms with Gasteiger partial charge in [-0.3, -0.25) is 4.79 Å². The highest BCUT2D eigenvalue weighted by Crippen LogP contribution is 2.35. The van der Waals surface area contributed by atoms with Crippen molar-refractivity contribution in [1.29, 1.82) is 0 Å². The predicted molar refractivity (Wildman–Crippen MR) is 91.3 cm³/mol. The zero-order chi connectivity index (χ0) is 18.7. The molecule has 0 unspecified atom stereocenters. The summed E-state index contributed by atoms with van der Waals surface area (Å²) in [6.07, 6.45) is 6.75. The van der Waals surface area contributed by atoms with Crippen molar-refractivity contribution in [3.05, 3.63) is 59.4 Å². The Kier molecular flexibility index (Phi) is 4.54. The Morgan fingerprint density at radius 2 is 2.15 bits per heavy atom. The van der Waals surface area contributed by atoms with Gasteiger partial charge in [-0.1, -0.05) is 5.92 Å². The Morgan fingerprint density at radius 1 is 1.35 bits per heavy atom. The van der Waals surface area contributed by atoms with E-state index in [1.165, 1.54) is 24.3 Å². The van der Waals surface area contributed by atoms with Crippen molar-refractivity contribution in [2.24, 2.45) is 10.7 Å². The molecular weight excluding hydrogens is 342 g/mol. The number of nitrogens with one attached hydrogen (secondary N) is 1. The maximum atomic E-state index is 14.4. The molecule has 2 aromatic rings. The van der Waals surface area contributed by atoms with E-state index in [9.17, 15) is 13.6 Å².